The number of methoxy groups -OCH3 is 1. The van der Waals surface area contributed by atoms with E-state index in [4.69, 9.17) is 4.74 Å². The number of aromatic nitrogens is 2. The fraction of sp³-hybridized carbons (Fsp3) is 0.483. The van der Waals surface area contributed by atoms with Crippen LogP contribution in [0.3, 0.4) is 0 Å². The summed E-state index contributed by atoms with van der Waals surface area (Å²) in [6.07, 6.45) is 1.74. The van der Waals surface area contributed by atoms with Gasteiger partial charge in [-0.1, -0.05) is 36.4 Å². The third-order valence-electron chi connectivity index (χ3n) is 8.44. The monoisotopic (exact) mass is 488 g/mol. The van der Waals surface area contributed by atoms with Gasteiger partial charge in [0, 0.05) is 50.4 Å². The van der Waals surface area contributed by atoms with Gasteiger partial charge in [0.2, 0.25) is 5.91 Å². The van der Waals surface area contributed by atoms with Crippen molar-refractivity contribution in [2.24, 2.45) is 5.92 Å². The normalized spacial score (nSPS) is 19.9. The fourth-order valence-electron chi connectivity index (χ4n) is 6.33. The average molecular weight is 489 g/mol. The van der Waals surface area contributed by atoms with E-state index in [-0.39, 0.29) is 18.3 Å². The van der Waals surface area contributed by atoms with Crippen LogP contribution >= 0.6 is 0 Å². The molecule has 7 heteroatoms. The number of ether oxygens (including phenoxy) is 1. The molecule has 0 N–H and O–H groups in total. The molecule has 7 nitrogen and oxygen atoms in total. The number of hydrogen-bond donors (Lipinski definition) is 0. The molecular weight excluding hydrogens is 452 g/mol. The summed E-state index contributed by atoms with van der Waals surface area (Å²) in [5.41, 5.74) is 4.16. The maximum atomic E-state index is 13.3. The summed E-state index contributed by atoms with van der Waals surface area (Å²) >= 11 is 0. The Morgan fingerprint density at radius 2 is 1.81 bits per heavy atom. The van der Waals surface area contributed by atoms with Gasteiger partial charge in [-0.25, -0.2) is 0 Å². The Labute approximate surface area is 213 Å². The SMILES string of the molecule is CCn1nc(C)c(CN2CCC3(CC2)C(C(=O)OC)CC(=O)N3Cc2ccc3ccccc3c2)c1C. The summed E-state index contributed by atoms with van der Waals surface area (Å²) in [6.45, 7) is 10.2. The Balaban J connectivity index is 1.39. The van der Waals surface area contributed by atoms with Crippen LogP contribution < -0.4 is 0 Å². The maximum absolute atomic E-state index is 13.3. The van der Waals surface area contributed by atoms with E-state index in [0.717, 1.165) is 55.7 Å². The minimum atomic E-state index is -0.510. The predicted molar refractivity (Wildman–Crippen MR) is 139 cm³/mol. The van der Waals surface area contributed by atoms with Gasteiger partial charge in [-0.15, -0.1) is 0 Å². The van der Waals surface area contributed by atoms with E-state index in [2.05, 4.69) is 65.8 Å². The van der Waals surface area contributed by atoms with Crippen LogP contribution in [0.1, 0.15) is 48.7 Å². The second-order valence-electron chi connectivity index (χ2n) is 10.3. The number of carbonyl (C=O) groups is 2. The number of rotatable bonds is 6. The molecule has 0 aliphatic carbocycles. The molecule has 2 saturated heterocycles. The lowest BCUT2D eigenvalue weighted by Gasteiger charge is -2.47. The average Bonchev–Trinajstić information content (AvgIpc) is 3.32. The van der Waals surface area contributed by atoms with Crippen LogP contribution in [0.25, 0.3) is 10.8 Å². The van der Waals surface area contributed by atoms with Crippen LogP contribution in [0.2, 0.25) is 0 Å². The minimum absolute atomic E-state index is 0.0444. The molecule has 0 radical (unpaired) electrons. The number of benzene rings is 2. The van der Waals surface area contributed by atoms with Gasteiger partial charge in [-0.2, -0.15) is 5.10 Å². The van der Waals surface area contributed by atoms with E-state index in [0.29, 0.717) is 6.54 Å². The first kappa shape index (κ1) is 24.5. The highest BCUT2D eigenvalue weighted by Crippen LogP contribution is 2.45. The number of aryl methyl sites for hydroxylation is 2. The molecule has 3 heterocycles. The highest BCUT2D eigenvalue weighted by molar-refractivity contribution is 5.89. The van der Waals surface area contributed by atoms with Crippen molar-refractivity contribution in [3.63, 3.8) is 0 Å². The van der Waals surface area contributed by atoms with Crippen molar-refractivity contribution in [3.05, 3.63) is 65.0 Å². The third-order valence-corrected chi connectivity index (χ3v) is 8.44. The van der Waals surface area contributed by atoms with Gasteiger partial charge < -0.3 is 9.64 Å². The molecule has 2 aromatic carbocycles. The van der Waals surface area contributed by atoms with E-state index in [1.54, 1.807) is 0 Å². The topological polar surface area (TPSA) is 67.7 Å². The molecule has 2 aliphatic rings. The fourth-order valence-corrected chi connectivity index (χ4v) is 6.33. The number of piperidine rings is 1. The molecule has 36 heavy (non-hydrogen) atoms. The van der Waals surface area contributed by atoms with Gasteiger partial charge >= 0.3 is 5.97 Å². The van der Waals surface area contributed by atoms with Crippen LogP contribution in [-0.4, -0.2) is 57.2 Å². The minimum Gasteiger partial charge on any atom is -0.469 e. The number of esters is 1. The van der Waals surface area contributed by atoms with Gasteiger partial charge in [0.25, 0.3) is 0 Å². The Morgan fingerprint density at radius 1 is 1.08 bits per heavy atom. The summed E-state index contributed by atoms with van der Waals surface area (Å²) in [7, 11) is 1.43. The summed E-state index contributed by atoms with van der Waals surface area (Å²) in [5.74, 6) is -0.652. The maximum Gasteiger partial charge on any atom is 0.311 e. The first-order chi connectivity index (χ1) is 17.4. The first-order valence-corrected chi connectivity index (χ1v) is 13.0. The number of nitrogens with zero attached hydrogens (tertiary/aromatic N) is 4. The molecule has 1 atom stereocenters. The standard InChI is InChI=1S/C29H36N4O3/c1-5-33-21(3)25(20(2)30-33)19-31-14-12-29(13-15-31)26(28(35)36-4)17-27(34)32(29)18-22-10-11-23-8-6-7-9-24(23)16-22/h6-11,16,26H,5,12-15,17-19H2,1-4H3. The van der Waals surface area contributed by atoms with E-state index < -0.39 is 11.5 Å². The van der Waals surface area contributed by atoms with Gasteiger partial charge in [0.1, 0.15) is 0 Å². The lowest BCUT2D eigenvalue weighted by Crippen LogP contribution is -2.57. The zero-order valence-electron chi connectivity index (χ0n) is 21.8. The van der Waals surface area contributed by atoms with E-state index in [1.165, 1.54) is 23.8 Å². The number of likely N-dealkylation sites (tertiary alicyclic amines) is 2. The highest BCUT2D eigenvalue weighted by Gasteiger charge is 2.57. The molecule has 2 fully saturated rings. The van der Waals surface area contributed by atoms with Crippen molar-refractivity contribution in [1.82, 2.24) is 19.6 Å². The summed E-state index contributed by atoms with van der Waals surface area (Å²) in [4.78, 5) is 30.6. The van der Waals surface area contributed by atoms with E-state index in [1.807, 2.05) is 17.0 Å². The van der Waals surface area contributed by atoms with Crippen LogP contribution in [0.4, 0.5) is 0 Å². The molecule has 2 aliphatic heterocycles. The molecular formula is C29H36N4O3. The number of fused-ring (bicyclic) bond motifs is 1. The van der Waals surface area contributed by atoms with E-state index >= 15 is 0 Å². The number of hydrogen-bond acceptors (Lipinski definition) is 5. The van der Waals surface area contributed by atoms with Gasteiger partial charge in [-0.05, 0) is 56.0 Å². The second-order valence-corrected chi connectivity index (χ2v) is 10.3. The Hall–Kier alpha value is -3.19. The predicted octanol–water partition coefficient (Wildman–Crippen LogP) is 4.23. The third kappa shape index (κ3) is 4.19. The van der Waals surface area contributed by atoms with Crippen molar-refractivity contribution in [1.29, 1.82) is 0 Å². The molecule has 1 unspecified atom stereocenters. The van der Waals surface area contributed by atoms with Gasteiger partial charge in [0.15, 0.2) is 0 Å². The van der Waals surface area contributed by atoms with Crippen LogP contribution in [0.5, 0.6) is 0 Å². The van der Waals surface area contributed by atoms with Crippen LogP contribution in [0, 0.1) is 19.8 Å². The lowest BCUT2D eigenvalue weighted by atomic mass is 9.76. The van der Waals surface area contributed by atoms with Crippen molar-refractivity contribution in [2.45, 2.75) is 65.2 Å². The van der Waals surface area contributed by atoms with Crippen molar-refractivity contribution < 1.29 is 14.3 Å². The largest absolute Gasteiger partial charge is 0.469 e. The van der Waals surface area contributed by atoms with Crippen LogP contribution in [0.15, 0.2) is 42.5 Å². The Morgan fingerprint density at radius 3 is 2.47 bits per heavy atom. The van der Waals surface area contributed by atoms with Crippen LogP contribution in [-0.2, 0) is 34.0 Å². The quantitative estimate of drug-likeness (QED) is 0.486. The number of amides is 1. The zero-order valence-corrected chi connectivity index (χ0v) is 21.8. The van der Waals surface area contributed by atoms with E-state index in [9.17, 15) is 9.59 Å². The molecule has 3 aromatic rings. The Kier molecular flexibility index (Phi) is 6.60. The van der Waals surface area contributed by atoms with Gasteiger partial charge in [-0.3, -0.25) is 19.2 Å². The van der Waals surface area contributed by atoms with Crippen molar-refractivity contribution >= 4 is 22.6 Å². The zero-order chi connectivity index (χ0) is 25.4. The van der Waals surface area contributed by atoms with Crippen molar-refractivity contribution in [2.75, 3.05) is 20.2 Å². The number of carbonyl (C=O) groups excluding carboxylic acids is 2. The molecule has 0 saturated carbocycles. The summed E-state index contributed by atoms with van der Waals surface area (Å²) < 4.78 is 7.25. The first-order valence-electron chi connectivity index (χ1n) is 13.0. The summed E-state index contributed by atoms with van der Waals surface area (Å²) in [5, 5.41) is 7.02. The Bertz CT molecular complexity index is 1290. The second kappa shape index (κ2) is 9.69. The van der Waals surface area contributed by atoms with Gasteiger partial charge in [0.05, 0.1) is 24.3 Å². The molecule has 1 aromatic heterocycles. The smallest absolute Gasteiger partial charge is 0.311 e. The molecule has 1 amide bonds. The molecule has 5 rings (SSSR count). The molecule has 190 valence electrons. The molecule has 0 bridgehead atoms. The lowest BCUT2D eigenvalue weighted by molar-refractivity contribution is -0.150. The highest BCUT2D eigenvalue weighted by atomic mass is 16.5. The van der Waals surface area contributed by atoms with Crippen molar-refractivity contribution in [3.8, 4) is 0 Å². The summed E-state index contributed by atoms with van der Waals surface area (Å²) in [6, 6.07) is 14.6. The molecule has 1 spiro atoms.